The summed E-state index contributed by atoms with van der Waals surface area (Å²) in [5, 5.41) is 5.42. The molecule has 3 rings (SSSR count). The van der Waals surface area contributed by atoms with Crippen molar-refractivity contribution in [2.24, 2.45) is 0 Å². The van der Waals surface area contributed by atoms with Gasteiger partial charge in [-0.15, -0.1) is 0 Å². The summed E-state index contributed by atoms with van der Waals surface area (Å²) in [7, 11) is -3.70. The summed E-state index contributed by atoms with van der Waals surface area (Å²) in [5.41, 5.74) is 1.23. The molecule has 2 aromatic rings. The smallest absolute Gasteiger partial charge is 0.251 e. The summed E-state index contributed by atoms with van der Waals surface area (Å²) in [4.78, 5) is 41.3. The van der Waals surface area contributed by atoms with Gasteiger partial charge in [0.15, 0.2) is 0 Å². The zero-order chi connectivity index (χ0) is 23.8. The lowest BCUT2D eigenvalue weighted by Crippen LogP contribution is -2.49. The van der Waals surface area contributed by atoms with Gasteiger partial charge in [-0.1, -0.05) is 0 Å². The van der Waals surface area contributed by atoms with Crippen molar-refractivity contribution in [3.8, 4) is 0 Å². The fourth-order valence-electron chi connectivity index (χ4n) is 3.35. The van der Waals surface area contributed by atoms with Crippen molar-refractivity contribution < 1.29 is 22.8 Å². The minimum Gasteiger partial charge on any atom is -0.352 e. The van der Waals surface area contributed by atoms with Crippen molar-refractivity contribution in [3.63, 3.8) is 0 Å². The monoisotopic (exact) mass is 473 g/mol. The van der Waals surface area contributed by atoms with E-state index < -0.39 is 15.9 Å². The van der Waals surface area contributed by atoms with Crippen LogP contribution in [-0.4, -0.2) is 73.1 Å². The van der Waals surface area contributed by atoms with Crippen LogP contribution >= 0.6 is 0 Å². The Kier molecular flexibility index (Phi) is 8.12. The molecule has 10 nitrogen and oxygen atoms in total. The number of nitrogens with zero attached hydrogens (tertiary/aromatic N) is 3. The Hall–Kier alpha value is -3.31. The lowest BCUT2D eigenvalue weighted by atomic mass is 10.2. The Morgan fingerprint density at radius 3 is 2.18 bits per heavy atom. The zero-order valence-corrected chi connectivity index (χ0v) is 19.2. The molecule has 0 unspecified atom stereocenters. The zero-order valence-electron chi connectivity index (χ0n) is 18.4. The highest BCUT2D eigenvalue weighted by Crippen LogP contribution is 2.18. The van der Waals surface area contributed by atoms with Crippen LogP contribution in [0.25, 0.3) is 0 Å². The molecule has 2 heterocycles. The topological polar surface area (TPSA) is 129 Å². The van der Waals surface area contributed by atoms with Crippen molar-refractivity contribution in [1.29, 1.82) is 0 Å². The van der Waals surface area contributed by atoms with E-state index in [-0.39, 0.29) is 42.8 Å². The lowest BCUT2D eigenvalue weighted by molar-refractivity contribution is -0.130. The molecule has 176 valence electrons. The van der Waals surface area contributed by atoms with E-state index in [2.05, 4.69) is 15.6 Å². The largest absolute Gasteiger partial charge is 0.352 e. The third-order valence-corrected chi connectivity index (χ3v) is 7.23. The SMILES string of the molecule is CC(=O)N1CCN(S(=O)(=O)c2ccc(C(=O)NCCC(=O)NCc3ccncc3)cc2)CC1. The van der Waals surface area contributed by atoms with Crippen LogP contribution in [0, 0.1) is 0 Å². The van der Waals surface area contributed by atoms with Gasteiger partial charge < -0.3 is 15.5 Å². The molecule has 1 aromatic heterocycles. The maximum absolute atomic E-state index is 12.8. The number of sulfonamides is 1. The first-order chi connectivity index (χ1) is 15.8. The average Bonchev–Trinajstić information content (AvgIpc) is 2.83. The van der Waals surface area contributed by atoms with E-state index in [1.807, 2.05) is 0 Å². The van der Waals surface area contributed by atoms with Crippen LogP contribution in [0.5, 0.6) is 0 Å². The number of pyridine rings is 1. The Balaban J connectivity index is 1.46. The highest BCUT2D eigenvalue weighted by Gasteiger charge is 2.29. The fourth-order valence-corrected chi connectivity index (χ4v) is 4.77. The molecule has 33 heavy (non-hydrogen) atoms. The Morgan fingerprint density at radius 2 is 1.58 bits per heavy atom. The molecule has 1 aliphatic heterocycles. The van der Waals surface area contributed by atoms with Crippen molar-refractivity contribution in [3.05, 3.63) is 59.9 Å². The summed E-state index contributed by atoms with van der Waals surface area (Å²) in [6, 6.07) is 9.27. The second-order valence-electron chi connectivity index (χ2n) is 7.57. The number of carbonyl (C=O) groups is 3. The molecule has 1 aromatic carbocycles. The molecule has 0 radical (unpaired) electrons. The van der Waals surface area contributed by atoms with E-state index in [4.69, 9.17) is 0 Å². The van der Waals surface area contributed by atoms with Crippen LogP contribution in [0.15, 0.2) is 53.7 Å². The van der Waals surface area contributed by atoms with E-state index in [0.29, 0.717) is 25.2 Å². The van der Waals surface area contributed by atoms with Crippen LogP contribution in [0.2, 0.25) is 0 Å². The van der Waals surface area contributed by atoms with E-state index in [9.17, 15) is 22.8 Å². The van der Waals surface area contributed by atoms with Crippen molar-refractivity contribution in [2.45, 2.75) is 24.8 Å². The number of amides is 3. The molecule has 1 aliphatic rings. The quantitative estimate of drug-likeness (QED) is 0.570. The highest BCUT2D eigenvalue weighted by molar-refractivity contribution is 7.89. The van der Waals surface area contributed by atoms with Gasteiger partial charge in [-0.05, 0) is 42.0 Å². The first-order valence-electron chi connectivity index (χ1n) is 10.6. The molecule has 11 heteroatoms. The fraction of sp³-hybridized carbons (Fsp3) is 0.364. The average molecular weight is 474 g/mol. The van der Waals surface area contributed by atoms with Crippen LogP contribution in [0.1, 0.15) is 29.3 Å². The van der Waals surface area contributed by atoms with E-state index in [1.54, 1.807) is 29.4 Å². The lowest BCUT2D eigenvalue weighted by Gasteiger charge is -2.33. The molecule has 1 saturated heterocycles. The molecular formula is C22H27N5O5S. The van der Waals surface area contributed by atoms with Gasteiger partial charge in [0, 0.05) is 70.6 Å². The maximum atomic E-state index is 12.8. The highest BCUT2D eigenvalue weighted by atomic mass is 32.2. The van der Waals surface area contributed by atoms with Gasteiger partial charge in [-0.3, -0.25) is 19.4 Å². The number of piperazine rings is 1. The van der Waals surface area contributed by atoms with Gasteiger partial charge in [0.25, 0.3) is 5.91 Å². The summed E-state index contributed by atoms with van der Waals surface area (Å²) in [6.45, 7) is 3.16. The summed E-state index contributed by atoms with van der Waals surface area (Å²) in [5.74, 6) is -0.664. The number of aromatic nitrogens is 1. The van der Waals surface area contributed by atoms with Gasteiger partial charge in [-0.25, -0.2) is 8.42 Å². The molecule has 0 saturated carbocycles. The van der Waals surface area contributed by atoms with Gasteiger partial charge in [-0.2, -0.15) is 4.31 Å². The van der Waals surface area contributed by atoms with Gasteiger partial charge in [0.1, 0.15) is 0 Å². The number of hydrogen-bond acceptors (Lipinski definition) is 6. The molecule has 3 amide bonds. The molecule has 0 atom stereocenters. The van der Waals surface area contributed by atoms with E-state index in [1.165, 1.54) is 35.5 Å². The molecule has 0 aliphatic carbocycles. The minimum atomic E-state index is -3.70. The normalized spacial score (nSPS) is 14.5. The van der Waals surface area contributed by atoms with Gasteiger partial charge >= 0.3 is 0 Å². The molecule has 1 fully saturated rings. The molecule has 0 bridgehead atoms. The van der Waals surface area contributed by atoms with E-state index >= 15 is 0 Å². The first-order valence-corrected chi connectivity index (χ1v) is 12.0. The van der Waals surface area contributed by atoms with Crippen LogP contribution in [0.3, 0.4) is 0 Å². The summed E-state index contributed by atoms with van der Waals surface area (Å²) < 4.78 is 27.0. The van der Waals surface area contributed by atoms with Crippen molar-refractivity contribution in [2.75, 3.05) is 32.7 Å². The molecule has 2 N–H and O–H groups in total. The number of hydrogen-bond donors (Lipinski definition) is 2. The number of benzene rings is 1. The number of nitrogens with one attached hydrogen (secondary N) is 2. The molecule has 0 spiro atoms. The maximum Gasteiger partial charge on any atom is 0.251 e. The first kappa shape index (κ1) is 24.3. The van der Waals surface area contributed by atoms with E-state index in [0.717, 1.165) is 5.56 Å². The van der Waals surface area contributed by atoms with Crippen molar-refractivity contribution in [1.82, 2.24) is 24.8 Å². The number of rotatable bonds is 8. The summed E-state index contributed by atoms with van der Waals surface area (Å²) >= 11 is 0. The van der Waals surface area contributed by atoms with Gasteiger partial charge in [0.2, 0.25) is 21.8 Å². The second-order valence-corrected chi connectivity index (χ2v) is 9.51. The molecular weight excluding hydrogens is 446 g/mol. The predicted molar refractivity (Wildman–Crippen MR) is 120 cm³/mol. The van der Waals surface area contributed by atoms with Crippen LogP contribution in [-0.2, 0) is 26.2 Å². The van der Waals surface area contributed by atoms with Crippen LogP contribution < -0.4 is 10.6 Å². The second kappa shape index (κ2) is 11.0. The predicted octanol–water partition coefficient (Wildman–Crippen LogP) is 0.371. The summed E-state index contributed by atoms with van der Waals surface area (Å²) in [6.07, 6.45) is 3.41. The Bertz CT molecular complexity index is 1080. The van der Waals surface area contributed by atoms with Crippen molar-refractivity contribution >= 4 is 27.7 Å². The minimum absolute atomic E-state index is 0.0753. The standard InChI is InChI=1S/C22H27N5O5S/c1-17(28)26-12-14-27(15-13-26)33(31,32)20-4-2-19(3-5-20)22(30)24-11-8-21(29)25-16-18-6-9-23-10-7-18/h2-7,9-10H,8,11-16H2,1H3,(H,24,30)(H,25,29). The van der Waals surface area contributed by atoms with Crippen LogP contribution in [0.4, 0.5) is 0 Å². The Labute approximate surface area is 193 Å². The third kappa shape index (κ3) is 6.59. The third-order valence-electron chi connectivity index (χ3n) is 5.31. The Morgan fingerprint density at radius 1 is 0.939 bits per heavy atom. The number of carbonyl (C=O) groups excluding carboxylic acids is 3. The van der Waals surface area contributed by atoms with Gasteiger partial charge in [0.05, 0.1) is 4.90 Å².